The fourth-order valence-electron chi connectivity index (χ4n) is 5.35. The topological polar surface area (TPSA) is 78.4 Å². The maximum Gasteiger partial charge on any atom is 0.219 e. The van der Waals surface area contributed by atoms with Crippen molar-refractivity contribution in [3.63, 3.8) is 0 Å². The van der Waals surface area contributed by atoms with Crippen LogP contribution in [0.25, 0.3) is 10.4 Å². The number of nitrogens with one attached hydrogen (secondary N) is 2. The zero-order chi connectivity index (χ0) is 26.5. The highest BCUT2D eigenvalue weighted by atomic mass is 32.1. The number of benzene rings is 2. The number of aliphatic hydroxyl groups is 1. The molecule has 1 heterocycles. The summed E-state index contributed by atoms with van der Waals surface area (Å²) in [5.74, 6) is -1.89. The van der Waals surface area contributed by atoms with Crippen molar-refractivity contribution in [2.75, 3.05) is 6.54 Å². The van der Waals surface area contributed by atoms with E-state index in [-0.39, 0.29) is 23.9 Å². The molecule has 0 spiro atoms. The lowest BCUT2D eigenvalue weighted by Crippen LogP contribution is -2.53. The van der Waals surface area contributed by atoms with Gasteiger partial charge in [0.2, 0.25) is 5.91 Å². The third-order valence-corrected chi connectivity index (χ3v) is 8.04. The molecule has 0 saturated heterocycles. The Kier molecular flexibility index (Phi) is 8.52. The molecule has 1 aliphatic carbocycles. The summed E-state index contributed by atoms with van der Waals surface area (Å²) in [6.45, 7) is 1.69. The molecule has 5 nitrogen and oxygen atoms in total. The number of hydrogen-bond donors (Lipinski definition) is 3. The molecule has 196 valence electrons. The molecule has 0 unspecified atom stereocenters. The molecule has 37 heavy (non-hydrogen) atoms. The largest absolute Gasteiger partial charge is 0.371 e. The first kappa shape index (κ1) is 27.1. The number of thiophene rings is 1. The van der Waals surface area contributed by atoms with Crippen LogP contribution in [0.1, 0.15) is 66.2 Å². The fraction of sp³-hybridized carbons (Fsp3) is 0.379. The van der Waals surface area contributed by atoms with Gasteiger partial charge >= 0.3 is 0 Å². The monoisotopic (exact) mass is 526 g/mol. The van der Waals surface area contributed by atoms with Crippen LogP contribution in [-0.2, 0) is 16.8 Å². The second-order valence-electron chi connectivity index (χ2n) is 9.89. The van der Waals surface area contributed by atoms with E-state index < -0.39 is 23.3 Å². The van der Waals surface area contributed by atoms with E-state index in [1.54, 1.807) is 0 Å². The Morgan fingerprint density at radius 2 is 1.81 bits per heavy atom. The number of aldehydes is 1. The number of halogens is 2. The average Bonchev–Trinajstić information content (AvgIpc) is 3.33. The second kappa shape index (κ2) is 11.6. The van der Waals surface area contributed by atoms with Crippen LogP contribution in [0.4, 0.5) is 8.78 Å². The summed E-state index contributed by atoms with van der Waals surface area (Å²) in [5, 5.41) is 17.5. The van der Waals surface area contributed by atoms with Crippen molar-refractivity contribution in [2.45, 2.75) is 63.1 Å². The lowest BCUT2D eigenvalue weighted by molar-refractivity contribution is -0.127. The zero-order valence-corrected chi connectivity index (χ0v) is 21.7. The van der Waals surface area contributed by atoms with Crippen LogP contribution >= 0.6 is 11.3 Å². The molecule has 0 aliphatic heterocycles. The predicted molar refractivity (Wildman–Crippen MR) is 141 cm³/mol. The van der Waals surface area contributed by atoms with Crippen LogP contribution < -0.4 is 10.6 Å². The van der Waals surface area contributed by atoms with Crippen LogP contribution in [-0.4, -0.2) is 29.6 Å². The molecule has 1 aliphatic rings. The second-order valence-corrected chi connectivity index (χ2v) is 11.0. The van der Waals surface area contributed by atoms with Crippen LogP contribution in [0.15, 0.2) is 54.6 Å². The van der Waals surface area contributed by atoms with Crippen molar-refractivity contribution < 1.29 is 23.5 Å². The minimum atomic E-state index is -1.67. The molecule has 8 heteroatoms. The van der Waals surface area contributed by atoms with Gasteiger partial charge in [-0.05, 0) is 59.9 Å². The highest BCUT2D eigenvalue weighted by Gasteiger charge is 2.35. The number of rotatable bonds is 10. The van der Waals surface area contributed by atoms with Crippen molar-refractivity contribution in [3.05, 3.63) is 82.2 Å². The van der Waals surface area contributed by atoms with Crippen LogP contribution in [0, 0.1) is 11.6 Å². The Hall–Kier alpha value is -2.94. The lowest BCUT2D eigenvalue weighted by atomic mass is 9.76. The molecule has 4 rings (SSSR count). The highest BCUT2D eigenvalue weighted by Crippen LogP contribution is 2.39. The number of amides is 1. The third kappa shape index (κ3) is 6.89. The lowest BCUT2D eigenvalue weighted by Gasteiger charge is -2.40. The van der Waals surface area contributed by atoms with E-state index in [1.807, 2.05) is 24.3 Å². The summed E-state index contributed by atoms with van der Waals surface area (Å²) < 4.78 is 27.5. The van der Waals surface area contributed by atoms with Gasteiger partial charge in [0.1, 0.15) is 17.4 Å². The van der Waals surface area contributed by atoms with Gasteiger partial charge in [-0.2, -0.15) is 0 Å². The molecule has 3 aromatic rings. The van der Waals surface area contributed by atoms with E-state index in [1.165, 1.54) is 18.3 Å². The molecular formula is C29H32F2N2O3S. The maximum absolute atomic E-state index is 13.7. The van der Waals surface area contributed by atoms with Gasteiger partial charge in [0.25, 0.3) is 0 Å². The van der Waals surface area contributed by atoms with Crippen LogP contribution in [0.5, 0.6) is 0 Å². The highest BCUT2D eigenvalue weighted by molar-refractivity contribution is 7.17. The quantitative estimate of drug-likeness (QED) is 0.234. The van der Waals surface area contributed by atoms with Crippen LogP contribution in [0.3, 0.4) is 0 Å². The van der Waals surface area contributed by atoms with Gasteiger partial charge in [-0.15, -0.1) is 11.3 Å². The molecule has 3 N–H and O–H groups in total. The first-order valence-corrected chi connectivity index (χ1v) is 13.4. The van der Waals surface area contributed by atoms with Gasteiger partial charge in [0.15, 0.2) is 6.29 Å². The Bertz CT molecular complexity index is 1240. The molecule has 1 saturated carbocycles. The Labute approximate surface area is 219 Å². The molecule has 0 bridgehead atoms. The fourth-order valence-corrected chi connectivity index (χ4v) is 6.17. The van der Waals surface area contributed by atoms with E-state index in [0.717, 1.165) is 72.6 Å². The van der Waals surface area contributed by atoms with Gasteiger partial charge in [-0.3, -0.25) is 9.59 Å². The Balaban J connectivity index is 1.54. The molecule has 1 aromatic heterocycles. The SMILES string of the molecule is CC(=O)N[C@](O)(CCNC1(c2cccc(-c3ccc(C=O)s3)c2)CCCCC1)Cc1cc(F)cc(F)c1. The summed E-state index contributed by atoms with van der Waals surface area (Å²) in [6, 6.07) is 15.2. The summed E-state index contributed by atoms with van der Waals surface area (Å²) in [6.07, 6.45) is 6.01. The molecular weight excluding hydrogens is 494 g/mol. The molecule has 0 radical (unpaired) electrons. The van der Waals surface area contributed by atoms with Crippen LogP contribution in [0.2, 0.25) is 0 Å². The minimum Gasteiger partial charge on any atom is -0.371 e. The Morgan fingerprint density at radius 3 is 2.46 bits per heavy atom. The molecule has 1 amide bonds. The van der Waals surface area contributed by atoms with E-state index in [4.69, 9.17) is 0 Å². The number of carbonyl (C=O) groups excluding carboxylic acids is 2. The van der Waals surface area contributed by atoms with E-state index in [0.29, 0.717) is 11.4 Å². The first-order chi connectivity index (χ1) is 17.7. The molecule has 1 atom stereocenters. The van der Waals surface area contributed by atoms with Gasteiger partial charge in [0, 0.05) is 42.8 Å². The normalized spacial score (nSPS) is 16.6. The summed E-state index contributed by atoms with van der Waals surface area (Å²) in [4.78, 5) is 24.7. The standard InChI is InChI=1S/C29H32F2N2O3S/c1-20(35)33-29(36,18-21-14-24(30)17-25(31)15-21)12-13-32-28(10-3-2-4-11-28)23-7-5-6-22(16-23)27-9-8-26(19-34)37-27/h5-9,14-17,19,32,36H,2-4,10-13,18H2,1H3,(H,33,35)/t29-/m0/s1. The molecule has 1 fully saturated rings. The smallest absolute Gasteiger partial charge is 0.219 e. The van der Waals surface area contributed by atoms with Gasteiger partial charge in [-0.25, -0.2) is 8.78 Å². The summed E-state index contributed by atoms with van der Waals surface area (Å²) >= 11 is 1.45. The summed E-state index contributed by atoms with van der Waals surface area (Å²) in [5.41, 5.74) is 0.478. The third-order valence-electron chi connectivity index (χ3n) is 6.98. The van der Waals surface area contributed by atoms with Crippen molar-refractivity contribution in [1.82, 2.24) is 10.6 Å². The van der Waals surface area contributed by atoms with Crippen molar-refractivity contribution in [2.24, 2.45) is 0 Å². The first-order valence-electron chi connectivity index (χ1n) is 12.6. The number of hydrogen-bond acceptors (Lipinski definition) is 5. The summed E-state index contributed by atoms with van der Waals surface area (Å²) in [7, 11) is 0. The Morgan fingerprint density at radius 1 is 1.08 bits per heavy atom. The molecule has 2 aromatic carbocycles. The maximum atomic E-state index is 13.7. The van der Waals surface area contributed by atoms with Crippen molar-refractivity contribution in [3.8, 4) is 10.4 Å². The van der Waals surface area contributed by atoms with E-state index >= 15 is 0 Å². The van der Waals surface area contributed by atoms with Gasteiger partial charge < -0.3 is 15.7 Å². The zero-order valence-electron chi connectivity index (χ0n) is 20.9. The minimum absolute atomic E-state index is 0.122. The van der Waals surface area contributed by atoms with Crippen molar-refractivity contribution >= 4 is 23.5 Å². The predicted octanol–water partition coefficient (Wildman–Crippen LogP) is 5.71. The van der Waals surface area contributed by atoms with E-state index in [2.05, 4.69) is 22.8 Å². The van der Waals surface area contributed by atoms with E-state index in [9.17, 15) is 23.5 Å². The average molecular weight is 527 g/mol. The van der Waals surface area contributed by atoms with Gasteiger partial charge in [0.05, 0.1) is 4.88 Å². The van der Waals surface area contributed by atoms with Gasteiger partial charge in [-0.1, -0.05) is 37.5 Å². The number of carbonyl (C=O) groups is 2. The van der Waals surface area contributed by atoms with Crippen molar-refractivity contribution in [1.29, 1.82) is 0 Å².